The lowest BCUT2D eigenvalue weighted by molar-refractivity contribution is 0.493. The third-order valence-corrected chi connectivity index (χ3v) is 2.37. The number of nitrogens with two attached hydrogens (primary N) is 2. The summed E-state index contributed by atoms with van der Waals surface area (Å²) in [6.07, 6.45) is 4.42. The normalized spacial score (nSPS) is 13.5. The highest BCUT2D eigenvalue weighted by molar-refractivity contribution is 4.63. The van der Waals surface area contributed by atoms with Crippen LogP contribution in [0.25, 0.3) is 0 Å². The first-order valence-electron chi connectivity index (χ1n) is 5.83. The Morgan fingerprint density at radius 3 is 2.29 bits per heavy atom. The first kappa shape index (κ1) is 13.9. The second kappa shape index (κ2) is 9.44. The second-order valence-electron chi connectivity index (χ2n) is 4.41. The van der Waals surface area contributed by atoms with Gasteiger partial charge in [-0.25, -0.2) is 0 Å². The quantitative estimate of drug-likeness (QED) is 0.489. The van der Waals surface area contributed by atoms with Gasteiger partial charge < -0.3 is 16.8 Å². The van der Waals surface area contributed by atoms with Crippen LogP contribution in [0.15, 0.2) is 0 Å². The molecule has 0 radical (unpaired) electrons. The maximum atomic E-state index is 5.91. The van der Waals surface area contributed by atoms with E-state index in [0.717, 1.165) is 44.8 Å². The number of rotatable bonds is 9. The van der Waals surface area contributed by atoms with Gasteiger partial charge in [0, 0.05) is 6.04 Å². The van der Waals surface area contributed by atoms with Crippen LogP contribution in [0.4, 0.5) is 0 Å². The van der Waals surface area contributed by atoms with Crippen molar-refractivity contribution in [3.05, 3.63) is 0 Å². The van der Waals surface area contributed by atoms with Crippen LogP contribution in [0, 0.1) is 5.92 Å². The van der Waals surface area contributed by atoms with E-state index in [0.29, 0.717) is 6.04 Å². The van der Waals surface area contributed by atoms with E-state index in [4.69, 9.17) is 11.5 Å². The Bertz CT molecular complexity index is 115. The molecule has 0 amide bonds. The Morgan fingerprint density at radius 2 is 1.71 bits per heavy atom. The smallest absolute Gasteiger partial charge is 0.00513 e. The van der Waals surface area contributed by atoms with E-state index < -0.39 is 0 Å². The summed E-state index contributed by atoms with van der Waals surface area (Å²) in [5.41, 5.74) is 11.3. The Kier molecular flexibility index (Phi) is 9.35. The Morgan fingerprint density at radius 1 is 1.07 bits per heavy atom. The average molecular weight is 201 g/mol. The minimum atomic E-state index is 0.324. The zero-order valence-electron chi connectivity index (χ0n) is 9.76. The van der Waals surface area contributed by atoms with E-state index in [1.807, 2.05) is 0 Å². The summed E-state index contributed by atoms with van der Waals surface area (Å²) >= 11 is 0. The zero-order chi connectivity index (χ0) is 10.8. The molecular weight excluding hydrogens is 174 g/mol. The van der Waals surface area contributed by atoms with Crippen molar-refractivity contribution in [2.24, 2.45) is 17.4 Å². The summed E-state index contributed by atoms with van der Waals surface area (Å²) in [6.45, 7) is 7.40. The average Bonchev–Trinajstić information content (AvgIpc) is 2.13. The summed E-state index contributed by atoms with van der Waals surface area (Å²) in [5.74, 6) is 0.786. The van der Waals surface area contributed by atoms with Crippen LogP contribution in [0.2, 0.25) is 0 Å². The third-order valence-electron chi connectivity index (χ3n) is 2.37. The first-order chi connectivity index (χ1) is 6.66. The van der Waals surface area contributed by atoms with E-state index in [1.54, 1.807) is 0 Å². The summed E-state index contributed by atoms with van der Waals surface area (Å²) in [6, 6.07) is 0.324. The van der Waals surface area contributed by atoms with Crippen LogP contribution in [0.1, 0.15) is 39.5 Å². The largest absolute Gasteiger partial charge is 0.330 e. The molecule has 0 saturated heterocycles. The van der Waals surface area contributed by atoms with Crippen LogP contribution in [-0.4, -0.2) is 25.7 Å². The molecule has 0 aromatic carbocycles. The molecule has 5 N–H and O–H groups in total. The molecule has 0 heterocycles. The monoisotopic (exact) mass is 201 g/mol. The Hall–Kier alpha value is -0.120. The van der Waals surface area contributed by atoms with Crippen molar-refractivity contribution in [3.63, 3.8) is 0 Å². The van der Waals surface area contributed by atoms with Gasteiger partial charge in [0.25, 0.3) is 0 Å². The van der Waals surface area contributed by atoms with Crippen LogP contribution < -0.4 is 16.8 Å². The van der Waals surface area contributed by atoms with Crippen molar-refractivity contribution in [2.75, 3.05) is 19.6 Å². The van der Waals surface area contributed by atoms with E-state index >= 15 is 0 Å². The fourth-order valence-electron chi connectivity index (χ4n) is 1.33. The third kappa shape index (κ3) is 9.96. The number of nitrogens with one attached hydrogen (secondary N) is 1. The second-order valence-corrected chi connectivity index (χ2v) is 4.41. The van der Waals surface area contributed by atoms with Crippen molar-refractivity contribution in [1.82, 2.24) is 5.32 Å². The van der Waals surface area contributed by atoms with Crippen LogP contribution in [0.3, 0.4) is 0 Å². The molecule has 0 aromatic heterocycles. The minimum absolute atomic E-state index is 0.324. The summed E-state index contributed by atoms with van der Waals surface area (Å²) in [4.78, 5) is 0. The molecule has 14 heavy (non-hydrogen) atoms. The molecule has 0 fully saturated rings. The van der Waals surface area contributed by atoms with Gasteiger partial charge in [0.2, 0.25) is 0 Å². The van der Waals surface area contributed by atoms with Crippen molar-refractivity contribution in [2.45, 2.75) is 45.6 Å². The maximum Gasteiger partial charge on any atom is 0.00513 e. The van der Waals surface area contributed by atoms with Crippen molar-refractivity contribution < 1.29 is 0 Å². The molecule has 0 aliphatic rings. The van der Waals surface area contributed by atoms with Gasteiger partial charge >= 0.3 is 0 Å². The van der Waals surface area contributed by atoms with E-state index in [2.05, 4.69) is 19.2 Å². The maximum absolute atomic E-state index is 5.91. The summed E-state index contributed by atoms with van der Waals surface area (Å²) < 4.78 is 0. The molecule has 0 aliphatic heterocycles. The van der Waals surface area contributed by atoms with Gasteiger partial charge in [0.05, 0.1) is 0 Å². The van der Waals surface area contributed by atoms with Crippen LogP contribution >= 0.6 is 0 Å². The van der Waals surface area contributed by atoms with E-state index in [1.165, 1.54) is 6.42 Å². The predicted octanol–water partition coefficient (Wildman–Crippen LogP) is 1.08. The predicted molar refractivity (Wildman–Crippen MR) is 63.2 cm³/mol. The van der Waals surface area contributed by atoms with Gasteiger partial charge in [0.15, 0.2) is 0 Å². The van der Waals surface area contributed by atoms with Crippen molar-refractivity contribution in [1.29, 1.82) is 0 Å². The van der Waals surface area contributed by atoms with Gasteiger partial charge in [-0.15, -0.1) is 0 Å². The summed E-state index contributed by atoms with van der Waals surface area (Å²) in [7, 11) is 0. The van der Waals surface area contributed by atoms with Gasteiger partial charge in [-0.1, -0.05) is 13.8 Å². The highest BCUT2D eigenvalue weighted by Gasteiger charge is 2.00. The van der Waals surface area contributed by atoms with Gasteiger partial charge in [0.1, 0.15) is 0 Å². The molecule has 3 heteroatoms. The summed E-state index contributed by atoms with van der Waals surface area (Å²) in [5, 5.41) is 3.41. The highest BCUT2D eigenvalue weighted by Crippen LogP contribution is 1.98. The topological polar surface area (TPSA) is 64.1 Å². The molecule has 0 spiro atoms. The molecule has 0 aromatic rings. The van der Waals surface area contributed by atoms with Gasteiger partial charge in [-0.05, 0) is 51.2 Å². The Labute approximate surface area is 88.6 Å². The van der Waals surface area contributed by atoms with Crippen LogP contribution in [0.5, 0.6) is 0 Å². The molecular formula is C11H27N3. The fraction of sp³-hybridized carbons (Fsp3) is 1.00. The fourth-order valence-corrected chi connectivity index (χ4v) is 1.33. The lowest BCUT2D eigenvalue weighted by Crippen LogP contribution is -2.28. The van der Waals surface area contributed by atoms with Crippen molar-refractivity contribution >= 4 is 0 Å². The van der Waals surface area contributed by atoms with E-state index in [-0.39, 0.29) is 0 Å². The molecule has 0 saturated carbocycles. The standard InChI is InChI=1S/C11H27N3/c1-10(2)5-8-14-9-6-11(13)4-3-7-12/h10-11,14H,3-9,12-13H2,1-2H3. The molecule has 86 valence electrons. The molecule has 3 nitrogen and oxygen atoms in total. The van der Waals surface area contributed by atoms with Crippen molar-refractivity contribution in [3.8, 4) is 0 Å². The first-order valence-corrected chi connectivity index (χ1v) is 5.83. The van der Waals surface area contributed by atoms with Gasteiger partial charge in [-0.2, -0.15) is 0 Å². The lowest BCUT2D eigenvalue weighted by Gasteiger charge is -2.12. The molecule has 0 rings (SSSR count). The molecule has 0 aliphatic carbocycles. The minimum Gasteiger partial charge on any atom is -0.330 e. The number of hydrogen-bond donors (Lipinski definition) is 3. The number of hydrogen-bond acceptors (Lipinski definition) is 3. The van der Waals surface area contributed by atoms with Crippen LogP contribution in [-0.2, 0) is 0 Å². The van der Waals surface area contributed by atoms with E-state index in [9.17, 15) is 0 Å². The zero-order valence-corrected chi connectivity index (χ0v) is 9.76. The van der Waals surface area contributed by atoms with Gasteiger partial charge in [-0.3, -0.25) is 0 Å². The lowest BCUT2D eigenvalue weighted by atomic mass is 10.1. The Balaban J connectivity index is 3.10. The molecule has 1 atom stereocenters. The molecule has 1 unspecified atom stereocenters. The molecule has 0 bridgehead atoms. The highest BCUT2D eigenvalue weighted by atomic mass is 14.9. The SMILES string of the molecule is CC(C)CCNCCC(N)CCCN.